The number of carbonyl (C=O) groups is 1. The molecule has 0 fully saturated rings. The second-order valence-corrected chi connectivity index (χ2v) is 5.00. The molecular weight excluding hydrogens is 232 g/mol. The van der Waals surface area contributed by atoms with Crippen LogP contribution < -0.4 is 9.47 Å². The van der Waals surface area contributed by atoms with Gasteiger partial charge in [-0.2, -0.15) is 0 Å². The summed E-state index contributed by atoms with van der Waals surface area (Å²) in [6.45, 7) is 5.72. The third-order valence-electron chi connectivity index (χ3n) is 2.95. The van der Waals surface area contributed by atoms with Crippen LogP contribution >= 0.6 is 0 Å². The molecule has 4 nitrogen and oxygen atoms in total. The fourth-order valence-electron chi connectivity index (χ4n) is 2.08. The second-order valence-electron chi connectivity index (χ2n) is 5.00. The van der Waals surface area contributed by atoms with Gasteiger partial charge in [-0.15, -0.1) is 0 Å². The highest BCUT2D eigenvalue weighted by atomic mass is 16.5. The van der Waals surface area contributed by atoms with E-state index in [2.05, 4.69) is 0 Å². The summed E-state index contributed by atoms with van der Waals surface area (Å²) in [5.74, 6) is 0.405. The normalized spacial score (nSPS) is 11.2. The minimum absolute atomic E-state index is 0.0377. The molecule has 0 amide bonds. The van der Waals surface area contributed by atoms with E-state index >= 15 is 0 Å². The smallest absolute Gasteiger partial charge is 0.304 e. The minimum atomic E-state index is -0.831. The van der Waals surface area contributed by atoms with Gasteiger partial charge in [-0.1, -0.05) is 19.9 Å². The van der Waals surface area contributed by atoms with Gasteiger partial charge in [-0.05, 0) is 18.6 Å². The van der Waals surface area contributed by atoms with Gasteiger partial charge in [0.05, 0.1) is 20.6 Å². The van der Waals surface area contributed by atoms with Gasteiger partial charge in [0.25, 0.3) is 0 Å². The Morgan fingerprint density at radius 3 is 2.33 bits per heavy atom. The molecule has 0 aromatic heterocycles. The number of methoxy groups -OCH3 is 2. The van der Waals surface area contributed by atoms with Crippen molar-refractivity contribution in [3.63, 3.8) is 0 Å². The number of hydrogen-bond donors (Lipinski definition) is 1. The molecule has 0 unspecified atom stereocenters. The molecule has 1 N–H and O–H groups in total. The maximum Gasteiger partial charge on any atom is 0.304 e. The molecule has 1 aromatic rings. The average molecular weight is 252 g/mol. The van der Waals surface area contributed by atoms with Crippen molar-refractivity contribution < 1.29 is 19.4 Å². The molecule has 0 bridgehead atoms. The van der Waals surface area contributed by atoms with Crippen LogP contribution in [-0.2, 0) is 10.2 Å². The standard InChI is InChI=1S/C14H20O4/c1-9-6-10(14(2,3)8-12(15)16)13(18-5)11(7-9)17-4/h6-7H,8H2,1-5H3,(H,15,16). The van der Waals surface area contributed by atoms with Crippen molar-refractivity contribution in [1.29, 1.82) is 0 Å². The Balaban J connectivity index is 3.38. The van der Waals surface area contributed by atoms with Crippen molar-refractivity contribution in [1.82, 2.24) is 0 Å². The lowest BCUT2D eigenvalue weighted by molar-refractivity contribution is -0.138. The van der Waals surface area contributed by atoms with Gasteiger partial charge < -0.3 is 14.6 Å². The van der Waals surface area contributed by atoms with Crippen LogP contribution in [0.1, 0.15) is 31.4 Å². The zero-order valence-corrected chi connectivity index (χ0v) is 11.5. The van der Waals surface area contributed by atoms with Crippen molar-refractivity contribution in [2.24, 2.45) is 0 Å². The molecule has 4 heteroatoms. The zero-order chi connectivity index (χ0) is 13.9. The Hall–Kier alpha value is -1.71. The lowest BCUT2D eigenvalue weighted by Crippen LogP contribution is -2.22. The fraction of sp³-hybridized carbons (Fsp3) is 0.500. The topological polar surface area (TPSA) is 55.8 Å². The Morgan fingerprint density at radius 1 is 1.28 bits per heavy atom. The van der Waals surface area contributed by atoms with E-state index in [1.54, 1.807) is 14.2 Å². The highest BCUT2D eigenvalue weighted by Gasteiger charge is 2.29. The second kappa shape index (κ2) is 5.29. The first kappa shape index (κ1) is 14.4. The molecule has 100 valence electrons. The van der Waals surface area contributed by atoms with E-state index in [-0.39, 0.29) is 6.42 Å². The number of rotatable bonds is 5. The van der Waals surface area contributed by atoms with Crippen molar-refractivity contribution in [2.75, 3.05) is 14.2 Å². The first-order chi connectivity index (χ1) is 8.31. The predicted molar refractivity (Wildman–Crippen MR) is 69.6 cm³/mol. The maximum absolute atomic E-state index is 11.0. The largest absolute Gasteiger partial charge is 0.493 e. The summed E-state index contributed by atoms with van der Waals surface area (Å²) >= 11 is 0. The Bertz CT molecular complexity index is 449. The number of hydrogen-bond acceptors (Lipinski definition) is 3. The van der Waals surface area contributed by atoms with Crippen LogP contribution in [0.2, 0.25) is 0 Å². The molecule has 0 aliphatic heterocycles. The fourth-order valence-corrected chi connectivity index (χ4v) is 2.08. The molecule has 18 heavy (non-hydrogen) atoms. The van der Waals surface area contributed by atoms with Gasteiger partial charge in [-0.25, -0.2) is 0 Å². The molecule has 1 rings (SSSR count). The van der Waals surface area contributed by atoms with Gasteiger partial charge >= 0.3 is 5.97 Å². The molecule has 1 aromatic carbocycles. The molecule has 0 heterocycles. The summed E-state index contributed by atoms with van der Waals surface area (Å²) in [5, 5.41) is 9.00. The van der Waals surface area contributed by atoms with Crippen LogP contribution in [-0.4, -0.2) is 25.3 Å². The van der Waals surface area contributed by atoms with Crippen LogP contribution in [0.25, 0.3) is 0 Å². The third kappa shape index (κ3) is 2.94. The Morgan fingerprint density at radius 2 is 1.89 bits per heavy atom. The van der Waals surface area contributed by atoms with E-state index < -0.39 is 11.4 Å². The van der Waals surface area contributed by atoms with Gasteiger partial charge in [0.2, 0.25) is 0 Å². The number of ether oxygens (including phenoxy) is 2. The lowest BCUT2D eigenvalue weighted by Gasteiger charge is -2.26. The van der Waals surface area contributed by atoms with Crippen LogP contribution in [0, 0.1) is 6.92 Å². The predicted octanol–water partition coefficient (Wildman–Crippen LogP) is 2.76. The maximum atomic E-state index is 11.0. The zero-order valence-electron chi connectivity index (χ0n) is 11.5. The van der Waals surface area contributed by atoms with E-state index in [1.165, 1.54) is 0 Å². The average Bonchev–Trinajstić information content (AvgIpc) is 2.26. The van der Waals surface area contributed by atoms with Gasteiger partial charge in [0.1, 0.15) is 0 Å². The summed E-state index contributed by atoms with van der Waals surface area (Å²) in [4.78, 5) is 11.0. The van der Waals surface area contributed by atoms with Crippen molar-refractivity contribution in [3.05, 3.63) is 23.3 Å². The summed E-state index contributed by atoms with van der Waals surface area (Å²) < 4.78 is 10.7. The minimum Gasteiger partial charge on any atom is -0.493 e. The summed E-state index contributed by atoms with van der Waals surface area (Å²) in [6.07, 6.45) is 0.0377. The van der Waals surface area contributed by atoms with Gasteiger partial charge in [0.15, 0.2) is 11.5 Å². The number of aryl methyl sites for hydroxylation is 1. The first-order valence-electron chi connectivity index (χ1n) is 5.76. The summed E-state index contributed by atoms with van der Waals surface area (Å²) in [6, 6.07) is 3.82. The Labute approximate surface area is 108 Å². The van der Waals surface area contributed by atoms with Crippen LogP contribution in [0.4, 0.5) is 0 Å². The number of carboxylic acid groups (broad SMARTS) is 1. The molecule has 0 radical (unpaired) electrons. The van der Waals surface area contributed by atoms with Crippen molar-refractivity contribution in [2.45, 2.75) is 32.6 Å². The quantitative estimate of drug-likeness (QED) is 0.875. The van der Waals surface area contributed by atoms with Crippen LogP contribution in [0.5, 0.6) is 11.5 Å². The highest BCUT2D eigenvalue weighted by molar-refractivity contribution is 5.69. The lowest BCUT2D eigenvalue weighted by atomic mass is 9.80. The third-order valence-corrected chi connectivity index (χ3v) is 2.95. The monoisotopic (exact) mass is 252 g/mol. The summed E-state index contributed by atoms with van der Waals surface area (Å²) in [7, 11) is 3.14. The van der Waals surface area contributed by atoms with Gasteiger partial charge in [-0.3, -0.25) is 4.79 Å². The first-order valence-corrected chi connectivity index (χ1v) is 5.76. The summed E-state index contributed by atoms with van der Waals surface area (Å²) in [5.41, 5.74) is 1.35. The SMILES string of the molecule is COc1cc(C)cc(C(C)(C)CC(=O)O)c1OC. The van der Waals surface area contributed by atoms with E-state index in [0.717, 1.165) is 11.1 Å². The number of aliphatic carboxylic acids is 1. The number of carboxylic acids is 1. The molecular formula is C14H20O4. The number of benzene rings is 1. The molecule has 0 spiro atoms. The van der Waals surface area contributed by atoms with Crippen molar-refractivity contribution >= 4 is 5.97 Å². The molecule has 0 saturated carbocycles. The Kier molecular flexibility index (Phi) is 4.22. The molecule has 0 atom stereocenters. The highest BCUT2D eigenvalue weighted by Crippen LogP contribution is 2.41. The molecule has 0 aliphatic rings. The van der Waals surface area contributed by atoms with E-state index in [0.29, 0.717) is 11.5 Å². The van der Waals surface area contributed by atoms with Crippen LogP contribution in [0.15, 0.2) is 12.1 Å². The van der Waals surface area contributed by atoms with E-state index in [1.807, 2.05) is 32.9 Å². The van der Waals surface area contributed by atoms with Crippen molar-refractivity contribution in [3.8, 4) is 11.5 Å². The van der Waals surface area contributed by atoms with E-state index in [9.17, 15) is 4.79 Å². The van der Waals surface area contributed by atoms with E-state index in [4.69, 9.17) is 14.6 Å². The molecule has 0 aliphatic carbocycles. The van der Waals surface area contributed by atoms with Crippen LogP contribution in [0.3, 0.4) is 0 Å². The van der Waals surface area contributed by atoms with Gasteiger partial charge in [0, 0.05) is 11.0 Å². The molecule has 0 saturated heterocycles.